The first-order chi connectivity index (χ1) is 19.5. The lowest BCUT2D eigenvalue weighted by Crippen LogP contribution is -2.20. The van der Waals surface area contributed by atoms with Gasteiger partial charge in [-0.3, -0.25) is 0 Å². The summed E-state index contributed by atoms with van der Waals surface area (Å²) in [6, 6.07) is 25.2. The van der Waals surface area contributed by atoms with Gasteiger partial charge in [0.25, 0.3) is 0 Å². The fourth-order valence-electron chi connectivity index (χ4n) is 4.06. The van der Waals surface area contributed by atoms with E-state index < -0.39 is 40.4 Å². The Kier molecular flexibility index (Phi) is 6.47. The van der Waals surface area contributed by atoms with Crippen molar-refractivity contribution >= 4 is 52.7 Å². The molecule has 12 nitrogen and oxygen atoms in total. The molecule has 41 heavy (non-hydrogen) atoms. The highest BCUT2D eigenvalue weighted by Crippen LogP contribution is 2.27. The van der Waals surface area contributed by atoms with Crippen LogP contribution in [0.25, 0.3) is 44.8 Å². The lowest BCUT2D eigenvalue weighted by Gasteiger charge is -2.07. The first-order valence-electron chi connectivity index (χ1n) is 11.8. The smallest absolute Gasteiger partial charge is 0.338 e. The Bertz CT molecular complexity index is 2090. The standard InChI is InChI=1S/C26H18N4O8S3/c31-39(32,19-11-13-21-23(15-19)29-25(27-21)17-7-3-1-4-8-17)37-41(35,36)38-40(33,34)20-12-14-22-24(16-20)30-26(28-22)18-9-5-2-6-10-18/h1-16H,(H,27,29)(H,28,30). The first kappa shape index (κ1) is 26.8. The lowest BCUT2D eigenvalue weighted by atomic mass is 10.2. The zero-order valence-electron chi connectivity index (χ0n) is 20.6. The highest BCUT2D eigenvalue weighted by molar-refractivity contribution is 8.03. The minimum atomic E-state index is -5.61. The van der Waals surface area contributed by atoms with Crippen LogP contribution in [0.1, 0.15) is 0 Å². The van der Waals surface area contributed by atoms with Crippen molar-refractivity contribution < 1.29 is 32.5 Å². The molecule has 6 aromatic rings. The van der Waals surface area contributed by atoms with E-state index in [1.54, 1.807) is 48.5 Å². The summed E-state index contributed by atoms with van der Waals surface area (Å²) in [6.07, 6.45) is 0. The van der Waals surface area contributed by atoms with E-state index in [2.05, 4.69) is 27.2 Å². The summed E-state index contributed by atoms with van der Waals surface area (Å²) in [5, 5.41) is 0. The van der Waals surface area contributed by atoms with Crippen molar-refractivity contribution in [2.24, 2.45) is 0 Å². The first-order valence-corrected chi connectivity index (χ1v) is 15.9. The molecule has 0 saturated carbocycles. The van der Waals surface area contributed by atoms with Gasteiger partial charge in [0, 0.05) is 11.1 Å². The van der Waals surface area contributed by atoms with Crippen LogP contribution in [0.2, 0.25) is 0 Å². The Hall–Kier alpha value is -4.41. The fourth-order valence-corrected chi connectivity index (χ4v) is 7.72. The number of hydrogen-bond donors (Lipinski definition) is 2. The maximum absolute atomic E-state index is 12.8. The van der Waals surface area contributed by atoms with Gasteiger partial charge >= 0.3 is 30.6 Å². The highest BCUT2D eigenvalue weighted by Gasteiger charge is 2.33. The molecule has 0 bridgehead atoms. The number of benzene rings is 4. The molecule has 0 fully saturated rings. The van der Waals surface area contributed by atoms with Gasteiger partial charge in [-0.1, -0.05) is 60.7 Å². The van der Waals surface area contributed by atoms with Crippen molar-refractivity contribution in [3.05, 3.63) is 97.1 Å². The van der Waals surface area contributed by atoms with Crippen LogP contribution in [0.15, 0.2) is 107 Å². The SMILES string of the molecule is O=S(=O)(OS(=O)(=O)c1ccc2[nH]c(-c3ccccc3)nc2c1)OS(=O)(=O)c1ccc2[nH]c(-c3ccccc3)nc2c1. The number of imidazole rings is 2. The number of fused-ring (bicyclic) bond motifs is 2. The average molecular weight is 611 g/mol. The zero-order chi connectivity index (χ0) is 28.8. The monoisotopic (exact) mass is 610 g/mol. The number of aromatic amines is 2. The molecule has 2 heterocycles. The summed E-state index contributed by atoms with van der Waals surface area (Å²) >= 11 is 0. The van der Waals surface area contributed by atoms with Gasteiger partial charge < -0.3 is 9.97 Å². The molecule has 0 aliphatic rings. The number of rotatable bonds is 8. The van der Waals surface area contributed by atoms with Crippen molar-refractivity contribution in [2.45, 2.75) is 9.79 Å². The second kappa shape index (κ2) is 9.90. The van der Waals surface area contributed by atoms with Crippen LogP contribution in [0.4, 0.5) is 0 Å². The van der Waals surface area contributed by atoms with E-state index in [0.29, 0.717) is 22.7 Å². The molecule has 0 saturated heterocycles. The Morgan fingerprint density at radius 2 is 0.902 bits per heavy atom. The van der Waals surface area contributed by atoms with E-state index in [-0.39, 0.29) is 11.0 Å². The van der Waals surface area contributed by atoms with Gasteiger partial charge in [-0.05, 0) is 36.4 Å². The predicted octanol–water partition coefficient (Wildman–Crippen LogP) is 4.13. The molecular weight excluding hydrogens is 593 g/mol. The van der Waals surface area contributed by atoms with Gasteiger partial charge in [-0.2, -0.15) is 25.3 Å². The molecule has 4 aromatic carbocycles. The molecule has 0 aliphatic heterocycles. The van der Waals surface area contributed by atoms with Crippen molar-refractivity contribution in [2.75, 3.05) is 0 Å². The van der Waals surface area contributed by atoms with Crippen molar-refractivity contribution in [1.29, 1.82) is 0 Å². The summed E-state index contributed by atoms with van der Waals surface area (Å²) in [5.74, 6) is 0.922. The van der Waals surface area contributed by atoms with E-state index in [9.17, 15) is 25.3 Å². The molecule has 0 amide bonds. The molecule has 208 valence electrons. The second-order valence-corrected chi connectivity index (χ2v) is 13.4. The maximum Gasteiger partial charge on any atom is 0.429 e. The van der Waals surface area contributed by atoms with Gasteiger partial charge in [0.2, 0.25) is 0 Å². The van der Waals surface area contributed by atoms with Crippen LogP contribution in [0.5, 0.6) is 0 Å². The maximum atomic E-state index is 12.8. The van der Waals surface area contributed by atoms with Crippen molar-refractivity contribution in [3.63, 3.8) is 0 Å². The molecule has 2 N–H and O–H groups in total. The molecule has 0 aliphatic carbocycles. The third kappa shape index (κ3) is 5.48. The van der Waals surface area contributed by atoms with Crippen LogP contribution in [0.3, 0.4) is 0 Å². The molecule has 2 aromatic heterocycles. The number of aromatic nitrogens is 4. The van der Waals surface area contributed by atoms with Crippen molar-refractivity contribution in [3.8, 4) is 22.8 Å². The van der Waals surface area contributed by atoms with Gasteiger partial charge in [0.1, 0.15) is 11.6 Å². The summed E-state index contributed by atoms with van der Waals surface area (Å²) in [6.45, 7) is 0. The molecule has 15 heteroatoms. The van der Waals surface area contributed by atoms with E-state index in [0.717, 1.165) is 35.4 Å². The summed E-state index contributed by atoms with van der Waals surface area (Å²) in [5.41, 5.74) is 2.87. The molecule has 0 atom stereocenters. The Morgan fingerprint density at radius 3 is 1.29 bits per heavy atom. The normalized spacial score (nSPS) is 12.7. The summed E-state index contributed by atoms with van der Waals surface area (Å²) < 4.78 is 84.5. The van der Waals surface area contributed by atoms with Crippen LogP contribution >= 0.6 is 0 Å². The summed E-state index contributed by atoms with van der Waals surface area (Å²) in [4.78, 5) is 13.6. The van der Waals surface area contributed by atoms with E-state index >= 15 is 0 Å². The lowest BCUT2D eigenvalue weighted by molar-refractivity contribution is 0.386. The fraction of sp³-hybridized carbons (Fsp3) is 0. The van der Waals surface area contributed by atoms with Crippen LogP contribution in [-0.2, 0) is 37.9 Å². The van der Waals surface area contributed by atoms with Gasteiger partial charge in [-0.15, -0.1) is 7.26 Å². The topological polar surface area (TPSA) is 178 Å². The van der Waals surface area contributed by atoms with Gasteiger partial charge in [0.05, 0.1) is 31.9 Å². The molecule has 0 spiro atoms. The third-order valence-electron chi connectivity index (χ3n) is 5.93. The number of nitrogens with zero attached hydrogens (tertiary/aromatic N) is 2. The number of H-pyrrole nitrogens is 2. The Labute approximate surface area is 234 Å². The molecule has 0 radical (unpaired) electrons. The Morgan fingerprint density at radius 1 is 0.512 bits per heavy atom. The third-order valence-corrected chi connectivity index (χ3v) is 10.4. The van der Waals surface area contributed by atoms with E-state index in [1.165, 1.54) is 12.1 Å². The minimum absolute atomic E-state index is 0.210. The van der Waals surface area contributed by atoms with E-state index in [1.807, 2.05) is 12.1 Å². The largest absolute Gasteiger partial charge is 0.429 e. The predicted molar refractivity (Wildman–Crippen MR) is 149 cm³/mol. The number of nitrogens with one attached hydrogen (secondary N) is 2. The molecule has 0 unspecified atom stereocenters. The second-order valence-electron chi connectivity index (χ2n) is 8.71. The highest BCUT2D eigenvalue weighted by atomic mass is 32.3. The quantitative estimate of drug-likeness (QED) is 0.255. The summed E-state index contributed by atoms with van der Waals surface area (Å²) in [7, 11) is -15.7. The van der Waals surface area contributed by atoms with Gasteiger partial charge in [-0.25, -0.2) is 9.97 Å². The Balaban J connectivity index is 1.24. The molecular formula is C26H18N4O8S3. The van der Waals surface area contributed by atoms with E-state index in [4.69, 9.17) is 0 Å². The van der Waals surface area contributed by atoms with Gasteiger partial charge in [0.15, 0.2) is 0 Å². The molecule has 6 rings (SSSR count). The van der Waals surface area contributed by atoms with Crippen LogP contribution in [0, 0.1) is 0 Å². The van der Waals surface area contributed by atoms with Crippen molar-refractivity contribution in [1.82, 2.24) is 19.9 Å². The number of hydrogen-bond acceptors (Lipinski definition) is 10. The average Bonchev–Trinajstić information content (AvgIpc) is 3.56. The minimum Gasteiger partial charge on any atom is -0.338 e. The zero-order valence-corrected chi connectivity index (χ0v) is 23.1. The van der Waals surface area contributed by atoms with Crippen LogP contribution < -0.4 is 0 Å². The van der Waals surface area contributed by atoms with Crippen LogP contribution in [-0.4, -0.2) is 45.2 Å².